The lowest BCUT2D eigenvalue weighted by molar-refractivity contribution is -0.134. The third-order valence-electron chi connectivity index (χ3n) is 3.69. The van der Waals surface area contributed by atoms with E-state index < -0.39 is 0 Å². The first-order valence-corrected chi connectivity index (χ1v) is 9.66. The van der Waals surface area contributed by atoms with Crippen LogP contribution in [-0.4, -0.2) is 41.6 Å². The summed E-state index contributed by atoms with van der Waals surface area (Å²) in [7, 11) is 0. The van der Waals surface area contributed by atoms with Gasteiger partial charge in [-0.2, -0.15) is 0 Å². The van der Waals surface area contributed by atoms with E-state index in [1.165, 1.54) is 11.8 Å². The van der Waals surface area contributed by atoms with Crippen molar-refractivity contribution in [2.24, 2.45) is 0 Å². The SMILES string of the molecule is CCN(CC(=O)NC(C)C)C(=O)CSc1cccc2cccc(Cl)c12. The molecule has 0 aliphatic carbocycles. The van der Waals surface area contributed by atoms with Crippen molar-refractivity contribution in [1.82, 2.24) is 10.2 Å². The maximum absolute atomic E-state index is 12.5. The van der Waals surface area contributed by atoms with Crippen molar-refractivity contribution in [2.45, 2.75) is 31.7 Å². The zero-order chi connectivity index (χ0) is 18.4. The van der Waals surface area contributed by atoms with Crippen molar-refractivity contribution in [3.05, 3.63) is 41.4 Å². The van der Waals surface area contributed by atoms with E-state index in [1.54, 1.807) is 4.90 Å². The predicted molar refractivity (Wildman–Crippen MR) is 105 cm³/mol. The van der Waals surface area contributed by atoms with Crippen LogP contribution >= 0.6 is 23.4 Å². The van der Waals surface area contributed by atoms with Gasteiger partial charge in [0.15, 0.2) is 0 Å². The molecule has 2 aromatic rings. The fraction of sp³-hybridized carbons (Fsp3) is 0.368. The molecule has 0 fully saturated rings. The Bertz CT molecular complexity index is 759. The number of carbonyl (C=O) groups excluding carboxylic acids is 2. The van der Waals surface area contributed by atoms with Gasteiger partial charge in [-0.05, 0) is 38.3 Å². The number of thioether (sulfide) groups is 1. The Labute approximate surface area is 157 Å². The minimum atomic E-state index is -0.136. The normalized spacial score (nSPS) is 10.9. The van der Waals surface area contributed by atoms with E-state index in [-0.39, 0.29) is 30.2 Å². The van der Waals surface area contributed by atoms with E-state index in [1.807, 2.05) is 57.2 Å². The quantitative estimate of drug-likeness (QED) is 0.742. The maximum atomic E-state index is 12.5. The zero-order valence-corrected chi connectivity index (χ0v) is 16.3. The number of nitrogens with one attached hydrogen (secondary N) is 1. The predicted octanol–water partition coefficient (Wildman–Crippen LogP) is 3.96. The Hall–Kier alpha value is -1.72. The molecule has 2 amide bonds. The highest BCUT2D eigenvalue weighted by molar-refractivity contribution is 8.00. The summed E-state index contributed by atoms with van der Waals surface area (Å²) in [6.07, 6.45) is 0. The molecular formula is C19H23ClN2O2S. The first-order valence-electron chi connectivity index (χ1n) is 8.29. The van der Waals surface area contributed by atoms with Gasteiger partial charge < -0.3 is 10.2 Å². The fourth-order valence-corrected chi connectivity index (χ4v) is 3.88. The molecule has 0 heterocycles. The Kier molecular flexibility index (Phi) is 7.14. The van der Waals surface area contributed by atoms with Crippen molar-refractivity contribution in [2.75, 3.05) is 18.8 Å². The summed E-state index contributed by atoms with van der Waals surface area (Å²) in [6.45, 7) is 6.26. The molecule has 25 heavy (non-hydrogen) atoms. The average molecular weight is 379 g/mol. The van der Waals surface area contributed by atoms with E-state index in [2.05, 4.69) is 5.32 Å². The molecule has 2 rings (SSSR count). The largest absolute Gasteiger partial charge is 0.352 e. The van der Waals surface area contributed by atoms with E-state index in [0.717, 1.165) is 15.7 Å². The van der Waals surface area contributed by atoms with Gasteiger partial charge >= 0.3 is 0 Å². The summed E-state index contributed by atoms with van der Waals surface area (Å²) < 4.78 is 0. The smallest absolute Gasteiger partial charge is 0.239 e. The Morgan fingerprint density at radius 3 is 2.52 bits per heavy atom. The highest BCUT2D eigenvalue weighted by Crippen LogP contribution is 2.33. The number of rotatable bonds is 7. The van der Waals surface area contributed by atoms with Gasteiger partial charge in [0.05, 0.1) is 12.3 Å². The molecule has 0 radical (unpaired) electrons. The van der Waals surface area contributed by atoms with Crippen LogP contribution in [0.4, 0.5) is 0 Å². The van der Waals surface area contributed by atoms with E-state index in [4.69, 9.17) is 11.6 Å². The summed E-state index contributed by atoms with van der Waals surface area (Å²) >= 11 is 7.77. The van der Waals surface area contributed by atoms with Crippen LogP contribution in [0, 0.1) is 0 Å². The molecule has 0 aliphatic heterocycles. The van der Waals surface area contributed by atoms with Crippen molar-refractivity contribution in [3.63, 3.8) is 0 Å². The Morgan fingerprint density at radius 2 is 1.88 bits per heavy atom. The van der Waals surface area contributed by atoms with Gasteiger partial charge in [0, 0.05) is 27.9 Å². The van der Waals surface area contributed by atoms with Gasteiger partial charge in [0.2, 0.25) is 11.8 Å². The van der Waals surface area contributed by atoms with Crippen LogP contribution in [0.5, 0.6) is 0 Å². The molecule has 0 aliphatic rings. The molecule has 1 N–H and O–H groups in total. The molecule has 2 aromatic carbocycles. The second-order valence-corrected chi connectivity index (χ2v) is 7.44. The molecule has 6 heteroatoms. The van der Waals surface area contributed by atoms with Gasteiger partial charge in [0.25, 0.3) is 0 Å². The van der Waals surface area contributed by atoms with Crippen LogP contribution in [0.2, 0.25) is 5.02 Å². The van der Waals surface area contributed by atoms with Gasteiger partial charge in [0.1, 0.15) is 0 Å². The second kappa shape index (κ2) is 9.11. The Morgan fingerprint density at radius 1 is 1.20 bits per heavy atom. The number of amides is 2. The number of benzene rings is 2. The molecule has 0 saturated heterocycles. The molecule has 0 bridgehead atoms. The number of carbonyl (C=O) groups is 2. The fourth-order valence-electron chi connectivity index (χ4n) is 2.53. The van der Waals surface area contributed by atoms with Crippen LogP contribution in [0.25, 0.3) is 10.8 Å². The molecule has 4 nitrogen and oxygen atoms in total. The van der Waals surface area contributed by atoms with Crippen LogP contribution in [0.3, 0.4) is 0 Å². The second-order valence-electron chi connectivity index (χ2n) is 6.01. The zero-order valence-electron chi connectivity index (χ0n) is 14.7. The number of halogens is 1. The van der Waals surface area contributed by atoms with Gasteiger partial charge in [-0.1, -0.05) is 35.9 Å². The average Bonchev–Trinajstić information content (AvgIpc) is 2.57. The lowest BCUT2D eigenvalue weighted by Gasteiger charge is -2.21. The topological polar surface area (TPSA) is 49.4 Å². The number of hydrogen-bond donors (Lipinski definition) is 1. The standard InChI is InChI=1S/C19H23ClN2O2S/c1-4-22(11-17(23)21-13(2)3)18(24)12-25-16-10-6-8-14-7-5-9-15(20)19(14)16/h5-10,13H,4,11-12H2,1-3H3,(H,21,23). The minimum absolute atomic E-state index is 0.0598. The number of fused-ring (bicyclic) bond motifs is 1. The lowest BCUT2D eigenvalue weighted by Crippen LogP contribution is -2.43. The molecule has 0 atom stereocenters. The third kappa shape index (κ3) is 5.38. The number of likely N-dealkylation sites (N-methyl/N-ethyl adjacent to an activating group) is 1. The first kappa shape index (κ1) is 19.6. The summed E-state index contributed by atoms with van der Waals surface area (Å²) in [5.74, 6) is 0.0755. The summed E-state index contributed by atoms with van der Waals surface area (Å²) in [6, 6.07) is 11.8. The third-order valence-corrected chi connectivity index (χ3v) is 5.04. The number of nitrogens with zero attached hydrogens (tertiary/aromatic N) is 1. The van der Waals surface area contributed by atoms with Gasteiger partial charge in [-0.3, -0.25) is 9.59 Å². The van der Waals surface area contributed by atoms with Crippen LogP contribution < -0.4 is 5.32 Å². The molecule has 134 valence electrons. The number of hydrogen-bond acceptors (Lipinski definition) is 3. The summed E-state index contributed by atoms with van der Waals surface area (Å²) in [5.41, 5.74) is 0. The van der Waals surface area contributed by atoms with E-state index in [0.29, 0.717) is 11.6 Å². The van der Waals surface area contributed by atoms with Crippen LogP contribution in [0.15, 0.2) is 41.3 Å². The van der Waals surface area contributed by atoms with Gasteiger partial charge in [-0.15, -0.1) is 11.8 Å². The van der Waals surface area contributed by atoms with Crippen LogP contribution in [-0.2, 0) is 9.59 Å². The first-order chi connectivity index (χ1) is 11.9. The molecule has 0 aromatic heterocycles. The monoisotopic (exact) mass is 378 g/mol. The van der Waals surface area contributed by atoms with Gasteiger partial charge in [-0.25, -0.2) is 0 Å². The molecule has 0 unspecified atom stereocenters. The van der Waals surface area contributed by atoms with E-state index in [9.17, 15) is 9.59 Å². The highest BCUT2D eigenvalue weighted by atomic mass is 35.5. The summed E-state index contributed by atoms with van der Waals surface area (Å²) in [5, 5.41) is 5.50. The molecular weight excluding hydrogens is 356 g/mol. The van der Waals surface area contributed by atoms with Crippen LogP contribution in [0.1, 0.15) is 20.8 Å². The lowest BCUT2D eigenvalue weighted by atomic mass is 10.1. The van der Waals surface area contributed by atoms with Crippen molar-refractivity contribution in [1.29, 1.82) is 0 Å². The maximum Gasteiger partial charge on any atom is 0.239 e. The molecule has 0 spiro atoms. The van der Waals surface area contributed by atoms with E-state index >= 15 is 0 Å². The van der Waals surface area contributed by atoms with Crippen molar-refractivity contribution >= 4 is 45.9 Å². The highest BCUT2D eigenvalue weighted by Gasteiger charge is 2.17. The Balaban J connectivity index is 2.05. The molecule has 0 saturated carbocycles. The minimum Gasteiger partial charge on any atom is -0.352 e. The summed E-state index contributed by atoms with van der Waals surface area (Å²) in [4.78, 5) is 26.9. The van der Waals surface area contributed by atoms with Crippen molar-refractivity contribution < 1.29 is 9.59 Å². The van der Waals surface area contributed by atoms with Crippen molar-refractivity contribution in [3.8, 4) is 0 Å².